The Kier molecular flexibility index (Phi) is 6.84. The molecule has 0 aliphatic carbocycles. The molecule has 0 saturated carbocycles. The Balaban J connectivity index is 1.40. The lowest BCUT2D eigenvalue weighted by Crippen LogP contribution is -2.39. The molecule has 2 heterocycles. The van der Waals surface area contributed by atoms with Gasteiger partial charge in [-0.1, -0.05) is 6.07 Å². The van der Waals surface area contributed by atoms with Crippen molar-refractivity contribution in [3.05, 3.63) is 51.5 Å². The van der Waals surface area contributed by atoms with Gasteiger partial charge >= 0.3 is 5.69 Å². The molecule has 1 aliphatic rings. The zero-order chi connectivity index (χ0) is 19.9. The summed E-state index contributed by atoms with van der Waals surface area (Å²) in [6, 6.07) is 4.87. The van der Waals surface area contributed by atoms with Gasteiger partial charge in [-0.3, -0.25) is 9.56 Å². The van der Waals surface area contributed by atoms with Crippen molar-refractivity contribution in [2.75, 3.05) is 20.1 Å². The zero-order valence-electron chi connectivity index (χ0n) is 16.7. The molecule has 2 N–H and O–H groups in total. The summed E-state index contributed by atoms with van der Waals surface area (Å²) in [6.07, 6.45) is 4.64. The molecule has 0 amide bonds. The molecule has 7 nitrogen and oxygen atoms in total. The van der Waals surface area contributed by atoms with Gasteiger partial charge in [0, 0.05) is 39.6 Å². The molecule has 0 bridgehead atoms. The largest absolute Gasteiger partial charge is 0.356 e. The van der Waals surface area contributed by atoms with Gasteiger partial charge in [0.2, 0.25) is 0 Å². The molecular formula is C20H29FN6O. The number of halogens is 1. The molecule has 1 aromatic carbocycles. The molecule has 1 aliphatic heterocycles. The second-order valence-electron chi connectivity index (χ2n) is 7.13. The van der Waals surface area contributed by atoms with Crippen molar-refractivity contribution < 1.29 is 4.39 Å². The van der Waals surface area contributed by atoms with E-state index in [4.69, 9.17) is 0 Å². The summed E-state index contributed by atoms with van der Waals surface area (Å²) in [5.41, 5.74) is 2.08. The molecule has 0 spiro atoms. The number of benzene rings is 1. The predicted molar refractivity (Wildman–Crippen MR) is 108 cm³/mol. The van der Waals surface area contributed by atoms with E-state index in [-0.39, 0.29) is 11.5 Å². The highest BCUT2D eigenvalue weighted by molar-refractivity contribution is 5.79. The van der Waals surface area contributed by atoms with Gasteiger partial charge < -0.3 is 10.6 Å². The van der Waals surface area contributed by atoms with E-state index in [1.807, 2.05) is 13.0 Å². The highest BCUT2D eigenvalue weighted by Crippen LogP contribution is 2.10. The third kappa shape index (κ3) is 4.99. The van der Waals surface area contributed by atoms with Crippen LogP contribution in [0.4, 0.5) is 4.39 Å². The lowest BCUT2D eigenvalue weighted by molar-refractivity contribution is 0.509. The Labute approximate surface area is 164 Å². The number of fused-ring (bicyclic) bond motifs is 1. The van der Waals surface area contributed by atoms with E-state index in [1.165, 1.54) is 6.07 Å². The van der Waals surface area contributed by atoms with E-state index in [0.717, 1.165) is 61.6 Å². The van der Waals surface area contributed by atoms with Crippen LogP contribution in [-0.2, 0) is 25.9 Å². The van der Waals surface area contributed by atoms with E-state index in [1.54, 1.807) is 22.4 Å². The molecule has 3 rings (SSSR count). The summed E-state index contributed by atoms with van der Waals surface area (Å²) in [5.74, 6) is 1.43. The number of hydrogen-bond acceptors (Lipinski definition) is 3. The minimum Gasteiger partial charge on any atom is -0.356 e. The summed E-state index contributed by atoms with van der Waals surface area (Å²) in [7, 11) is 1.73. The van der Waals surface area contributed by atoms with Crippen LogP contribution in [0.1, 0.15) is 36.2 Å². The molecule has 28 heavy (non-hydrogen) atoms. The van der Waals surface area contributed by atoms with Crippen LogP contribution >= 0.6 is 0 Å². The summed E-state index contributed by atoms with van der Waals surface area (Å²) < 4.78 is 16.5. The first kappa shape index (κ1) is 20.1. The molecular weight excluding hydrogens is 359 g/mol. The molecule has 0 radical (unpaired) electrons. The van der Waals surface area contributed by atoms with Crippen LogP contribution in [0.15, 0.2) is 28.0 Å². The van der Waals surface area contributed by atoms with Crippen LogP contribution in [0.3, 0.4) is 0 Å². The Bertz CT molecular complexity index is 885. The maximum absolute atomic E-state index is 13.2. The molecule has 0 fully saturated rings. The summed E-state index contributed by atoms with van der Waals surface area (Å²) in [6.45, 7) is 4.71. The summed E-state index contributed by atoms with van der Waals surface area (Å²) in [4.78, 5) is 16.5. The molecule has 8 heteroatoms. The van der Waals surface area contributed by atoms with Crippen molar-refractivity contribution in [2.45, 2.75) is 52.1 Å². The molecule has 0 unspecified atom stereocenters. The zero-order valence-corrected chi connectivity index (χ0v) is 16.7. The first-order valence-corrected chi connectivity index (χ1v) is 9.94. The van der Waals surface area contributed by atoms with Gasteiger partial charge in [-0.25, -0.2) is 13.9 Å². The number of nitrogens with one attached hydrogen (secondary N) is 2. The van der Waals surface area contributed by atoms with E-state index in [0.29, 0.717) is 19.6 Å². The number of aromatic nitrogens is 3. The number of rotatable bonds is 7. The monoisotopic (exact) mass is 388 g/mol. The van der Waals surface area contributed by atoms with Crippen molar-refractivity contribution in [3.63, 3.8) is 0 Å². The van der Waals surface area contributed by atoms with Gasteiger partial charge in [0.05, 0.1) is 0 Å². The average Bonchev–Trinajstić information content (AvgIpc) is 3.01. The van der Waals surface area contributed by atoms with Crippen molar-refractivity contribution in [1.29, 1.82) is 0 Å². The maximum Gasteiger partial charge on any atom is 0.345 e. The van der Waals surface area contributed by atoms with Gasteiger partial charge in [-0.15, -0.1) is 0 Å². The van der Waals surface area contributed by atoms with Crippen LogP contribution in [-0.4, -0.2) is 40.4 Å². The third-order valence-electron chi connectivity index (χ3n) is 5.09. The Morgan fingerprint density at radius 2 is 2.11 bits per heavy atom. The number of hydrogen-bond donors (Lipinski definition) is 2. The van der Waals surface area contributed by atoms with Gasteiger partial charge in [0.1, 0.15) is 11.6 Å². The van der Waals surface area contributed by atoms with Crippen molar-refractivity contribution >= 4 is 5.96 Å². The highest BCUT2D eigenvalue weighted by atomic mass is 19.1. The molecule has 0 atom stereocenters. The van der Waals surface area contributed by atoms with Crippen molar-refractivity contribution in [2.24, 2.45) is 4.99 Å². The minimum atomic E-state index is -0.204. The van der Waals surface area contributed by atoms with Crippen molar-refractivity contribution in [3.8, 4) is 0 Å². The van der Waals surface area contributed by atoms with Gasteiger partial charge in [0.25, 0.3) is 0 Å². The fourth-order valence-corrected chi connectivity index (χ4v) is 3.51. The van der Waals surface area contributed by atoms with E-state index in [2.05, 4.69) is 20.7 Å². The fourth-order valence-electron chi connectivity index (χ4n) is 3.51. The fraction of sp³-hybridized carbons (Fsp3) is 0.550. The van der Waals surface area contributed by atoms with E-state index < -0.39 is 0 Å². The lowest BCUT2D eigenvalue weighted by atomic mass is 10.1. The van der Waals surface area contributed by atoms with Gasteiger partial charge in [-0.2, -0.15) is 5.10 Å². The van der Waals surface area contributed by atoms with Crippen LogP contribution in [0.5, 0.6) is 0 Å². The summed E-state index contributed by atoms with van der Waals surface area (Å²) >= 11 is 0. The normalized spacial score (nSPS) is 14.0. The van der Waals surface area contributed by atoms with Crippen LogP contribution in [0, 0.1) is 12.7 Å². The number of nitrogens with zero attached hydrogens (tertiary/aromatic N) is 4. The van der Waals surface area contributed by atoms with Gasteiger partial charge in [0.15, 0.2) is 5.96 Å². The summed E-state index contributed by atoms with van der Waals surface area (Å²) in [5, 5.41) is 11.0. The predicted octanol–water partition coefficient (Wildman–Crippen LogP) is 1.63. The molecule has 1 aromatic heterocycles. The third-order valence-corrected chi connectivity index (χ3v) is 5.09. The number of aryl methyl sites for hydroxylation is 3. The topological polar surface area (TPSA) is 76.2 Å². The Hall–Kier alpha value is -2.64. The second-order valence-corrected chi connectivity index (χ2v) is 7.13. The lowest BCUT2D eigenvalue weighted by Gasteiger charge is -2.12. The SMILES string of the molecule is CN=C(NCCCn1nc2n(c1=O)CCCC2)NCCc1ccc(F)cc1C. The highest BCUT2D eigenvalue weighted by Gasteiger charge is 2.16. The van der Waals surface area contributed by atoms with Crippen molar-refractivity contribution in [1.82, 2.24) is 25.0 Å². The van der Waals surface area contributed by atoms with Crippen LogP contribution < -0.4 is 16.3 Å². The Morgan fingerprint density at radius 3 is 2.86 bits per heavy atom. The second kappa shape index (κ2) is 9.52. The molecule has 2 aromatic rings. The molecule has 0 saturated heterocycles. The van der Waals surface area contributed by atoms with E-state index >= 15 is 0 Å². The van der Waals surface area contributed by atoms with Gasteiger partial charge in [-0.05, 0) is 55.9 Å². The van der Waals surface area contributed by atoms with E-state index in [9.17, 15) is 9.18 Å². The quantitative estimate of drug-likeness (QED) is 0.429. The standard InChI is InChI=1S/C20H29FN6O/c1-15-14-17(21)8-7-16(15)9-11-24-19(22-2)23-10-5-13-27-20(28)26-12-4-3-6-18(26)25-27/h7-8,14H,3-6,9-13H2,1-2H3,(H2,22,23,24). The number of aliphatic imine (C=N–C) groups is 1. The smallest absolute Gasteiger partial charge is 0.345 e. The Morgan fingerprint density at radius 1 is 1.29 bits per heavy atom. The first-order valence-electron chi connectivity index (χ1n) is 9.94. The number of guanidine groups is 1. The molecule has 152 valence electrons. The first-order chi connectivity index (χ1) is 13.6. The van der Waals surface area contributed by atoms with Crippen LogP contribution in [0.2, 0.25) is 0 Å². The van der Waals surface area contributed by atoms with Crippen LogP contribution in [0.25, 0.3) is 0 Å². The average molecular weight is 388 g/mol. The maximum atomic E-state index is 13.2. The minimum absolute atomic E-state index is 0.00637.